The molecular weight excluding hydrogens is 274 g/mol. The maximum atomic E-state index is 5.40. The molecule has 2 atom stereocenters. The van der Waals surface area contributed by atoms with Crippen LogP contribution in [0, 0.1) is 5.92 Å². The number of aromatic nitrogens is 6. The Morgan fingerprint density at radius 3 is 2.90 bits per heavy atom. The number of nitrogens with two attached hydrogens (primary N) is 1. The minimum Gasteiger partial charge on any atom is -0.381 e. The summed E-state index contributed by atoms with van der Waals surface area (Å²) < 4.78 is 6.84. The molecule has 2 aromatic heterocycles. The van der Waals surface area contributed by atoms with Crippen LogP contribution in [0.4, 0.5) is 11.9 Å². The molecule has 1 fully saturated rings. The fraction of sp³-hybridized carbons (Fsp3) is 0.545. The van der Waals surface area contributed by atoms with Gasteiger partial charge in [0.15, 0.2) is 0 Å². The van der Waals surface area contributed by atoms with Crippen LogP contribution >= 0.6 is 0 Å². The van der Waals surface area contributed by atoms with Crippen LogP contribution in [0.15, 0.2) is 12.7 Å². The largest absolute Gasteiger partial charge is 0.381 e. The van der Waals surface area contributed by atoms with Crippen molar-refractivity contribution >= 4 is 11.9 Å². The summed E-state index contributed by atoms with van der Waals surface area (Å²) in [5.41, 5.74) is 2.42. The molecule has 0 saturated carbocycles. The van der Waals surface area contributed by atoms with Gasteiger partial charge in [-0.05, 0) is 13.3 Å². The van der Waals surface area contributed by atoms with Gasteiger partial charge in [-0.15, -0.1) is 0 Å². The van der Waals surface area contributed by atoms with Gasteiger partial charge in [0.25, 0.3) is 5.95 Å². The zero-order valence-corrected chi connectivity index (χ0v) is 11.6. The molecule has 0 amide bonds. The summed E-state index contributed by atoms with van der Waals surface area (Å²) in [5, 5.41) is 7.26. The zero-order chi connectivity index (χ0) is 14.7. The fourth-order valence-electron chi connectivity index (χ4n) is 2.18. The van der Waals surface area contributed by atoms with Gasteiger partial charge in [-0.1, -0.05) is 0 Å². The third kappa shape index (κ3) is 3.06. The van der Waals surface area contributed by atoms with Crippen molar-refractivity contribution in [2.45, 2.75) is 19.4 Å². The number of anilines is 2. The van der Waals surface area contributed by atoms with E-state index in [-0.39, 0.29) is 12.0 Å². The number of nitrogen functional groups attached to an aromatic ring is 1. The maximum Gasteiger partial charge on any atom is 0.258 e. The van der Waals surface area contributed by atoms with E-state index in [1.165, 1.54) is 17.3 Å². The molecule has 0 aromatic carbocycles. The molecule has 21 heavy (non-hydrogen) atoms. The lowest BCUT2D eigenvalue weighted by Gasteiger charge is -2.19. The standard InChI is InChI=1S/C11H17N9O/c1-7(8-2-3-21-4-8)15-9-16-10(19-12)18-11(17-9)20-6-13-5-14-20/h5-8H,2-4,12H2,1H3,(H2,15,16,17,18,19). The second-order valence-electron chi connectivity index (χ2n) is 4.82. The SMILES string of the molecule is CC(Nc1nc(NN)nc(-n2cncn2)n1)C1CCOC1. The Balaban J connectivity index is 1.82. The maximum absolute atomic E-state index is 5.40. The van der Waals surface area contributed by atoms with E-state index in [9.17, 15) is 0 Å². The highest BCUT2D eigenvalue weighted by molar-refractivity contribution is 5.37. The van der Waals surface area contributed by atoms with Crippen LogP contribution in [0.3, 0.4) is 0 Å². The highest BCUT2D eigenvalue weighted by Crippen LogP contribution is 2.19. The first-order chi connectivity index (χ1) is 10.3. The van der Waals surface area contributed by atoms with Crippen molar-refractivity contribution in [3.05, 3.63) is 12.7 Å². The molecule has 2 aromatic rings. The molecule has 1 aliphatic heterocycles. The van der Waals surface area contributed by atoms with Crippen molar-refractivity contribution in [3.63, 3.8) is 0 Å². The third-order valence-corrected chi connectivity index (χ3v) is 3.41. The first kappa shape index (κ1) is 13.6. The minimum atomic E-state index is 0.184. The van der Waals surface area contributed by atoms with E-state index in [1.54, 1.807) is 0 Å². The Morgan fingerprint density at radius 1 is 1.38 bits per heavy atom. The van der Waals surface area contributed by atoms with Gasteiger partial charge >= 0.3 is 0 Å². The van der Waals surface area contributed by atoms with Crippen LogP contribution in [-0.2, 0) is 4.74 Å². The number of nitrogens with one attached hydrogen (secondary N) is 2. The van der Waals surface area contributed by atoms with Crippen molar-refractivity contribution in [1.82, 2.24) is 29.7 Å². The molecule has 0 bridgehead atoms. The lowest BCUT2D eigenvalue weighted by molar-refractivity contribution is 0.183. The quantitative estimate of drug-likeness (QED) is 0.496. The molecule has 1 saturated heterocycles. The van der Waals surface area contributed by atoms with Crippen LogP contribution in [0.1, 0.15) is 13.3 Å². The summed E-state index contributed by atoms with van der Waals surface area (Å²) in [7, 11) is 0. The molecule has 4 N–H and O–H groups in total. The van der Waals surface area contributed by atoms with E-state index in [2.05, 4.69) is 42.7 Å². The normalized spacial score (nSPS) is 19.4. The lowest BCUT2D eigenvalue weighted by Crippen LogP contribution is -2.28. The summed E-state index contributed by atoms with van der Waals surface area (Å²) in [6, 6.07) is 0.184. The molecule has 10 nitrogen and oxygen atoms in total. The van der Waals surface area contributed by atoms with E-state index >= 15 is 0 Å². The highest BCUT2D eigenvalue weighted by Gasteiger charge is 2.23. The Kier molecular flexibility index (Phi) is 3.88. The van der Waals surface area contributed by atoms with Crippen LogP contribution in [0.2, 0.25) is 0 Å². The topological polar surface area (TPSA) is 129 Å². The number of hydrazine groups is 1. The van der Waals surface area contributed by atoms with Crippen LogP contribution in [0.5, 0.6) is 0 Å². The van der Waals surface area contributed by atoms with Gasteiger partial charge in [0.2, 0.25) is 11.9 Å². The van der Waals surface area contributed by atoms with Crippen molar-refractivity contribution < 1.29 is 4.74 Å². The van der Waals surface area contributed by atoms with Gasteiger partial charge in [-0.2, -0.15) is 24.7 Å². The van der Waals surface area contributed by atoms with Crippen LogP contribution in [-0.4, -0.2) is 49.0 Å². The number of rotatable bonds is 5. The average molecular weight is 291 g/mol. The van der Waals surface area contributed by atoms with Gasteiger partial charge in [0, 0.05) is 18.6 Å². The molecule has 10 heteroatoms. The molecule has 0 radical (unpaired) electrons. The summed E-state index contributed by atoms with van der Waals surface area (Å²) in [5.74, 6) is 6.87. The molecule has 3 rings (SSSR count). The molecule has 112 valence electrons. The number of hydrogen-bond donors (Lipinski definition) is 3. The van der Waals surface area contributed by atoms with E-state index in [1.807, 2.05) is 0 Å². The Labute approximate surface area is 121 Å². The highest BCUT2D eigenvalue weighted by atomic mass is 16.5. The Morgan fingerprint density at radius 2 is 2.24 bits per heavy atom. The second kappa shape index (κ2) is 5.97. The van der Waals surface area contributed by atoms with Crippen molar-refractivity contribution in [3.8, 4) is 5.95 Å². The first-order valence-corrected chi connectivity index (χ1v) is 6.68. The van der Waals surface area contributed by atoms with Crippen molar-refractivity contribution in [2.24, 2.45) is 11.8 Å². The minimum absolute atomic E-state index is 0.184. The second-order valence-corrected chi connectivity index (χ2v) is 4.82. The van der Waals surface area contributed by atoms with Crippen molar-refractivity contribution in [2.75, 3.05) is 24.0 Å². The van der Waals surface area contributed by atoms with E-state index < -0.39 is 0 Å². The third-order valence-electron chi connectivity index (χ3n) is 3.41. The van der Waals surface area contributed by atoms with Gasteiger partial charge in [0.1, 0.15) is 12.7 Å². The smallest absolute Gasteiger partial charge is 0.258 e. The van der Waals surface area contributed by atoms with Gasteiger partial charge in [-0.25, -0.2) is 10.8 Å². The van der Waals surface area contributed by atoms with Crippen LogP contribution < -0.4 is 16.6 Å². The number of hydrogen-bond acceptors (Lipinski definition) is 9. The molecule has 1 aliphatic rings. The molecule has 0 aliphatic carbocycles. The lowest BCUT2D eigenvalue weighted by atomic mass is 10.0. The van der Waals surface area contributed by atoms with E-state index in [0.717, 1.165) is 19.6 Å². The fourth-order valence-corrected chi connectivity index (χ4v) is 2.18. The summed E-state index contributed by atoms with van der Waals surface area (Å²) in [6.45, 7) is 3.62. The van der Waals surface area contributed by atoms with Gasteiger partial charge < -0.3 is 10.1 Å². The van der Waals surface area contributed by atoms with Crippen molar-refractivity contribution in [1.29, 1.82) is 0 Å². The van der Waals surface area contributed by atoms with Gasteiger partial charge in [-0.3, -0.25) is 5.43 Å². The average Bonchev–Trinajstić information content (AvgIpc) is 3.19. The van der Waals surface area contributed by atoms with E-state index in [4.69, 9.17) is 10.6 Å². The number of nitrogens with zero attached hydrogens (tertiary/aromatic N) is 6. The predicted octanol–water partition coefficient (Wildman–Crippen LogP) is -0.425. The Bertz CT molecular complexity index is 581. The molecule has 2 unspecified atom stereocenters. The zero-order valence-electron chi connectivity index (χ0n) is 11.6. The number of ether oxygens (including phenoxy) is 1. The monoisotopic (exact) mass is 291 g/mol. The summed E-state index contributed by atoms with van der Waals surface area (Å²) in [4.78, 5) is 16.5. The predicted molar refractivity (Wildman–Crippen MR) is 74.6 cm³/mol. The summed E-state index contributed by atoms with van der Waals surface area (Å²) >= 11 is 0. The van der Waals surface area contributed by atoms with Crippen LogP contribution in [0.25, 0.3) is 5.95 Å². The molecular formula is C11H17N9O. The Hall–Kier alpha value is -2.33. The van der Waals surface area contributed by atoms with Gasteiger partial charge in [0.05, 0.1) is 6.61 Å². The van der Waals surface area contributed by atoms with E-state index in [0.29, 0.717) is 17.8 Å². The molecule has 0 spiro atoms. The first-order valence-electron chi connectivity index (χ1n) is 6.68. The molecule has 3 heterocycles. The summed E-state index contributed by atoms with van der Waals surface area (Å²) in [6.07, 6.45) is 3.94.